The average molecular weight is 390 g/mol. The van der Waals surface area contributed by atoms with E-state index < -0.39 is 0 Å². The molecule has 0 atom stereocenters. The van der Waals surface area contributed by atoms with Crippen LogP contribution in [0, 0.1) is 0 Å². The van der Waals surface area contributed by atoms with E-state index in [4.69, 9.17) is 13.9 Å². The highest BCUT2D eigenvalue weighted by Crippen LogP contribution is 2.34. The first-order chi connectivity index (χ1) is 14.2. The molecule has 8 heteroatoms. The zero-order valence-electron chi connectivity index (χ0n) is 15.7. The largest absolute Gasteiger partial charge is 0.454 e. The van der Waals surface area contributed by atoms with Crippen molar-refractivity contribution in [1.82, 2.24) is 14.8 Å². The Labute approximate surface area is 166 Å². The standard InChI is InChI=1S/C21H18N4O4/c1-2-20-23-24-21(29-20)14-4-3-13-7-8-25(16(13)9-14)11-19(26)22-15-5-6-17-18(10-15)28-12-27-17/h3-10H,2,11-12H2,1H3,(H,22,26). The third-order valence-corrected chi connectivity index (χ3v) is 4.76. The van der Waals surface area contributed by atoms with Crippen molar-refractivity contribution in [1.29, 1.82) is 0 Å². The number of benzene rings is 2. The summed E-state index contributed by atoms with van der Waals surface area (Å²) in [5.74, 6) is 2.24. The Morgan fingerprint density at radius 1 is 1.10 bits per heavy atom. The molecule has 0 saturated heterocycles. The summed E-state index contributed by atoms with van der Waals surface area (Å²) in [7, 11) is 0. The highest BCUT2D eigenvalue weighted by atomic mass is 16.7. The number of amides is 1. The third-order valence-electron chi connectivity index (χ3n) is 4.76. The quantitative estimate of drug-likeness (QED) is 0.560. The molecule has 0 spiro atoms. The van der Waals surface area contributed by atoms with Crippen molar-refractivity contribution < 1.29 is 18.7 Å². The van der Waals surface area contributed by atoms with Gasteiger partial charge < -0.3 is 23.8 Å². The number of aryl methyl sites for hydroxylation is 1. The number of aromatic nitrogens is 3. The van der Waals surface area contributed by atoms with Gasteiger partial charge in [0.25, 0.3) is 0 Å². The Bertz CT molecular complexity index is 1210. The van der Waals surface area contributed by atoms with Crippen LogP contribution >= 0.6 is 0 Å². The maximum absolute atomic E-state index is 12.6. The van der Waals surface area contributed by atoms with E-state index in [9.17, 15) is 4.79 Å². The van der Waals surface area contributed by atoms with Gasteiger partial charge in [-0.25, -0.2) is 0 Å². The van der Waals surface area contributed by atoms with Crippen molar-refractivity contribution in [3.63, 3.8) is 0 Å². The molecule has 2 aromatic heterocycles. The van der Waals surface area contributed by atoms with Crippen LogP contribution in [0.4, 0.5) is 5.69 Å². The van der Waals surface area contributed by atoms with Gasteiger partial charge in [0.15, 0.2) is 11.5 Å². The Morgan fingerprint density at radius 3 is 2.86 bits per heavy atom. The van der Waals surface area contributed by atoms with Gasteiger partial charge in [-0.05, 0) is 35.7 Å². The second-order valence-electron chi connectivity index (χ2n) is 6.69. The summed E-state index contributed by atoms with van der Waals surface area (Å²) in [6, 6.07) is 13.2. The number of anilines is 1. The van der Waals surface area contributed by atoms with Crippen molar-refractivity contribution in [3.8, 4) is 23.0 Å². The van der Waals surface area contributed by atoms with Crippen LogP contribution < -0.4 is 14.8 Å². The van der Waals surface area contributed by atoms with E-state index in [1.165, 1.54) is 0 Å². The van der Waals surface area contributed by atoms with E-state index in [0.717, 1.165) is 16.5 Å². The average Bonchev–Trinajstić information content (AvgIpc) is 3.47. The lowest BCUT2D eigenvalue weighted by atomic mass is 10.1. The number of fused-ring (bicyclic) bond motifs is 2. The zero-order valence-corrected chi connectivity index (χ0v) is 15.7. The lowest BCUT2D eigenvalue weighted by Gasteiger charge is -2.08. The molecule has 0 unspecified atom stereocenters. The van der Waals surface area contributed by atoms with Crippen molar-refractivity contribution in [2.75, 3.05) is 12.1 Å². The number of carbonyl (C=O) groups is 1. The van der Waals surface area contributed by atoms with Gasteiger partial charge in [-0.2, -0.15) is 0 Å². The number of nitrogens with one attached hydrogen (secondary N) is 1. The highest BCUT2D eigenvalue weighted by molar-refractivity contribution is 5.93. The normalized spacial score (nSPS) is 12.4. The summed E-state index contributed by atoms with van der Waals surface area (Å²) in [6.07, 6.45) is 2.57. The molecule has 1 N–H and O–H groups in total. The first-order valence-corrected chi connectivity index (χ1v) is 9.31. The number of ether oxygens (including phenoxy) is 2. The second-order valence-corrected chi connectivity index (χ2v) is 6.69. The maximum Gasteiger partial charge on any atom is 0.247 e. The Balaban J connectivity index is 1.37. The first-order valence-electron chi connectivity index (χ1n) is 9.31. The molecule has 8 nitrogen and oxygen atoms in total. The lowest BCUT2D eigenvalue weighted by Crippen LogP contribution is -2.18. The van der Waals surface area contributed by atoms with E-state index in [-0.39, 0.29) is 19.2 Å². The molecule has 0 saturated carbocycles. The van der Waals surface area contributed by atoms with Crippen LogP contribution in [0.3, 0.4) is 0 Å². The molecule has 0 bridgehead atoms. The van der Waals surface area contributed by atoms with Crippen molar-refractivity contribution in [2.24, 2.45) is 0 Å². The van der Waals surface area contributed by atoms with Crippen molar-refractivity contribution in [2.45, 2.75) is 19.9 Å². The molecular formula is C21H18N4O4. The minimum atomic E-state index is -0.141. The minimum absolute atomic E-state index is 0.141. The molecule has 4 aromatic rings. The van der Waals surface area contributed by atoms with Gasteiger partial charge >= 0.3 is 0 Å². The summed E-state index contributed by atoms with van der Waals surface area (Å²) in [5, 5.41) is 12.0. The fourth-order valence-corrected chi connectivity index (χ4v) is 3.30. The lowest BCUT2D eigenvalue weighted by molar-refractivity contribution is -0.116. The molecule has 3 heterocycles. The van der Waals surface area contributed by atoms with Gasteiger partial charge in [-0.3, -0.25) is 4.79 Å². The zero-order chi connectivity index (χ0) is 19.8. The van der Waals surface area contributed by atoms with Gasteiger partial charge in [-0.1, -0.05) is 13.0 Å². The number of hydrogen-bond donors (Lipinski definition) is 1. The van der Waals surface area contributed by atoms with Gasteiger partial charge in [0.05, 0.1) is 0 Å². The maximum atomic E-state index is 12.6. The van der Waals surface area contributed by atoms with E-state index >= 15 is 0 Å². The topological polar surface area (TPSA) is 91.4 Å². The number of nitrogens with zero attached hydrogens (tertiary/aromatic N) is 3. The smallest absolute Gasteiger partial charge is 0.247 e. The van der Waals surface area contributed by atoms with E-state index in [1.54, 1.807) is 18.2 Å². The van der Waals surface area contributed by atoms with Crippen LogP contribution in [-0.4, -0.2) is 27.5 Å². The highest BCUT2D eigenvalue weighted by Gasteiger charge is 2.15. The summed E-state index contributed by atoms with van der Waals surface area (Å²) in [4.78, 5) is 12.6. The molecule has 2 aromatic carbocycles. The van der Waals surface area contributed by atoms with Crippen molar-refractivity contribution >= 4 is 22.5 Å². The summed E-state index contributed by atoms with van der Waals surface area (Å²) in [5.41, 5.74) is 2.40. The number of hydrogen-bond acceptors (Lipinski definition) is 6. The van der Waals surface area contributed by atoms with Crippen LogP contribution in [0.2, 0.25) is 0 Å². The van der Waals surface area contributed by atoms with E-state index in [0.29, 0.717) is 35.4 Å². The summed E-state index contributed by atoms with van der Waals surface area (Å²) >= 11 is 0. The van der Waals surface area contributed by atoms with Crippen LogP contribution in [0.5, 0.6) is 11.5 Å². The number of rotatable bonds is 5. The SMILES string of the molecule is CCc1nnc(-c2ccc3ccn(CC(=O)Nc4ccc5c(c4)OCO5)c3c2)o1. The first kappa shape index (κ1) is 17.3. The van der Waals surface area contributed by atoms with Crippen LogP contribution in [0.1, 0.15) is 12.8 Å². The molecule has 0 aliphatic carbocycles. The molecule has 1 amide bonds. The van der Waals surface area contributed by atoms with Gasteiger partial charge in [0, 0.05) is 35.5 Å². The number of carbonyl (C=O) groups excluding carboxylic acids is 1. The molecule has 0 radical (unpaired) electrons. The predicted molar refractivity (Wildman–Crippen MR) is 106 cm³/mol. The molecule has 0 fully saturated rings. The molecular weight excluding hydrogens is 372 g/mol. The summed E-state index contributed by atoms with van der Waals surface area (Å²) < 4.78 is 18.2. The van der Waals surface area contributed by atoms with Gasteiger partial charge in [-0.15, -0.1) is 10.2 Å². The predicted octanol–water partition coefficient (Wildman–Crippen LogP) is 3.62. The fourth-order valence-electron chi connectivity index (χ4n) is 3.30. The monoisotopic (exact) mass is 390 g/mol. The molecule has 1 aliphatic heterocycles. The minimum Gasteiger partial charge on any atom is -0.454 e. The van der Waals surface area contributed by atoms with Crippen LogP contribution in [0.15, 0.2) is 53.1 Å². The van der Waals surface area contributed by atoms with E-state index in [1.807, 2.05) is 42.0 Å². The van der Waals surface area contributed by atoms with Gasteiger partial charge in [0.2, 0.25) is 24.5 Å². The molecule has 5 rings (SSSR count). The van der Waals surface area contributed by atoms with E-state index in [2.05, 4.69) is 15.5 Å². The fraction of sp³-hybridized carbons (Fsp3) is 0.190. The second kappa shape index (κ2) is 6.97. The van der Waals surface area contributed by atoms with Crippen LogP contribution in [-0.2, 0) is 17.8 Å². The third kappa shape index (κ3) is 3.29. The molecule has 29 heavy (non-hydrogen) atoms. The Morgan fingerprint density at radius 2 is 2.00 bits per heavy atom. The Kier molecular flexibility index (Phi) is 4.16. The van der Waals surface area contributed by atoms with Gasteiger partial charge in [0.1, 0.15) is 6.54 Å². The van der Waals surface area contributed by atoms with Crippen LogP contribution in [0.25, 0.3) is 22.4 Å². The summed E-state index contributed by atoms with van der Waals surface area (Å²) in [6.45, 7) is 2.33. The van der Waals surface area contributed by atoms with Crippen molar-refractivity contribution in [3.05, 3.63) is 54.6 Å². The molecule has 146 valence electrons. The Hall–Kier alpha value is -3.81. The molecule has 1 aliphatic rings.